The monoisotopic (exact) mass is 262 g/mol. The van der Waals surface area contributed by atoms with Crippen molar-refractivity contribution in [2.75, 3.05) is 25.5 Å². The van der Waals surface area contributed by atoms with Crippen LogP contribution >= 0.6 is 0 Å². The highest BCUT2D eigenvalue weighted by Crippen LogP contribution is 2.37. The molecule has 1 unspecified atom stereocenters. The molecule has 0 aromatic carbocycles. The quantitative estimate of drug-likeness (QED) is 0.864. The van der Waals surface area contributed by atoms with Gasteiger partial charge in [0.15, 0.2) is 0 Å². The fourth-order valence-corrected chi connectivity index (χ4v) is 2.74. The van der Waals surface area contributed by atoms with Crippen molar-refractivity contribution in [3.05, 3.63) is 22.2 Å². The first-order valence-electron chi connectivity index (χ1n) is 7.28. The van der Waals surface area contributed by atoms with Crippen LogP contribution in [0.25, 0.3) is 0 Å². The molecule has 1 aromatic heterocycles. The van der Waals surface area contributed by atoms with Crippen LogP contribution in [0.1, 0.15) is 43.8 Å². The summed E-state index contributed by atoms with van der Waals surface area (Å²) in [5.74, 6) is 2.06. The molecule has 0 radical (unpaired) electrons. The second kappa shape index (κ2) is 5.33. The van der Waals surface area contributed by atoms with E-state index in [0.717, 1.165) is 31.0 Å². The van der Waals surface area contributed by atoms with Crippen molar-refractivity contribution in [2.24, 2.45) is 0 Å². The van der Waals surface area contributed by atoms with Gasteiger partial charge in [0, 0.05) is 24.6 Å². The van der Waals surface area contributed by atoms with E-state index >= 15 is 0 Å². The molecular weight excluding hydrogens is 240 g/mol. The standard InChI is InChI=1S/C14H22N4O/c1-18-7-3-2-4-11(18)9-15-12-8-13(19)17-14(16-12)10-5-6-10/h8,10-11H,2-7,9H2,1H3,(H2,15,16,17,19). The van der Waals surface area contributed by atoms with E-state index < -0.39 is 0 Å². The lowest BCUT2D eigenvalue weighted by Gasteiger charge is -2.32. The SMILES string of the molecule is CN1CCCCC1CNc1cc(=O)[nH]c(C2CC2)n1. The van der Waals surface area contributed by atoms with Gasteiger partial charge < -0.3 is 15.2 Å². The molecule has 1 atom stereocenters. The predicted octanol–water partition coefficient (Wildman–Crippen LogP) is 1.54. The average Bonchev–Trinajstić information content (AvgIpc) is 3.21. The number of likely N-dealkylation sites (N-methyl/N-ethyl adjacent to an activating group) is 1. The molecule has 0 bridgehead atoms. The van der Waals surface area contributed by atoms with Gasteiger partial charge in [-0.25, -0.2) is 4.98 Å². The minimum atomic E-state index is -0.0450. The van der Waals surface area contributed by atoms with Gasteiger partial charge in [0.1, 0.15) is 11.6 Å². The van der Waals surface area contributed by atoms with Gasteiger partial charge in [-0.3, -0.25) is 4.79 Å². The zero-order chi connectivity index (χ0) is 13.2. The number of H-pyrrole nitrogens is 1. The molecule has 104 valence electrons. The number of rotatable bonds is 4. The highest BCUT2D eigenvalue weighted by atomic mass is 16.1. The first-order chi connectivity index (χ1) is 9.22. The van der Waals surface area contributed by atoms with Crippen LogP contribution in [0.3, 0.4) is 0 Å². The van der Waals surface area contributed by atoms with Gasteiger partial charge in [-0.2, -0.15) is 0 Å². The third-order valence-electron chi connectivity index (χ3n) is 4.16. The lowest BCUT2D eigenvalue weighted by Crippen LogP contribution is -2.41. The smallest absolute Gasteiger partial charge is 0.252 e. The Kier molecular flexibility index (Phi) is 3.55. The number of hydrogen-bond donors (Lipinski definition) is 2. The molecule has 1 aliphatic carbocycles. The lowest BCUT2D eigenvalue weighted by atomic mass is 10.0. The minimum absolute atomic E-state index is 0.0450. The molecule has 3 rings (SSSR count). The molecule has 2 heterocycles. The summed E-state index contributed by atoms with van der Waals surface area (Å²) >= 11 is 0. The normalized spacial score (nSPS) is 24.4. The molecule has 19 heavy (non-hydrogen) atoms. The van der Waals surface area contributed by atoms with Gasteiger partial charge in [-0.05, 0) is 39.3 Å². The van der Waals surface area contributed by atoms with Crippen LogP contribution in [-0.4, -0.2) is 41.0 Å². The summed E-state index contributed by atoms with van der Waals surface area (Å²) in [6, 6.07) is 2.12. The minimum Gasteiger partial charge on any atom is -0.368 e. The summed E-state index contributed by atoms with van der Waals surface area (Å²) in [7, 11) is 2.17. The van der Waals surface area contributed by atoms with Crippen LogP contribution < -0.4 is 10.9 Å². The topological polar surface area (TPSA) is 61.0 Å². The van der Waals surface area contributed by atoms with E-state index in [-0.39, 0.29) is 5.56 Å². The summed E-state index contributed by atoms with van der Waals surface area (Å²) in [6.45, 7) is 2.04. The molecule has 0 spiro atoms. The van der Waals surface area contributed by atoms with Gasteiger partial charge in [0.2, 0.25) is 0 Å². The summed E-state index contributed by atoms with van der Waals surface area (Å²) in [5.41, 5.74) is -0.0450. The molecular formula is C14H22N4O. The van der Waals surface area contributed by atoms with Crippen molar-refractivity contribution < 1.29 is 0 Å². The van der Waals surface area contributed by atoms with Crippen LogP contribution in [0.5, 0.6) is 0 Å². The maximum Gasteiger partial charge on any atom is 0.252 e. The average molecular weight is 262 g/mol. The van der Waals surface area contributed by atoms with E-state index in [4.69, 9.17) is 0 Å². The number of nitrogens with zero attached hydrogens (tertiary/aromatic N) is 2. The van der Waals surface area contributed by atoms with E-state index in [1.54, 1.807) is 6.07 Å². The summed E-state index contributed by atoms with van der Waals surface area (Å²) < 4.78 is 0. The van der Waals surface area contributed by atoms with Crippen molar-refractivity contribution in [1.82, 2.24) is 14.9 Å². The van der Waals surface area contributed by atoms with E-state index in [0.29, 0.717) is 12.0 Å². The molecule has 5 heteroatoms. The molecule has 1 saturated carbocycles. The third-order valence-corrected chi connectivity index (χ3v) is 4.16. The Morgan fingerprint density at radius 2 is 2.26 bits per heavy atom. The highest BCUT2D eigenvalue weighted by molar-refractivity contribution is 5.34. The second-order valence-electron chi connectivity index (χ2n) is 5.80. The number of likely N-dealkylation sites (tertiary alicyclic amines) is 1. The molecule has 0 amide bonds. The zero-order valence-electron chi connectivity index (χ0n) is 11.5. The highest BCUT2D eigenvalue weighted by Gasteiger charge is 2.26. The number of aromatic amines is 1. The summed E-state index contributed by atoms with van der Waals surface area (Å²) in [5, 5.41) is 3.34. The van der Waals surface area contributed by atoms with Crippen molar-refractivity contribution in [1.29, 1.82) is 0 Å². The van der Waals surface area contributed by atoms with Crippen molar-refractivity contribution in [3.8, 4) is 0 Å². The van der Waals surface area contributed by atoms with Gasteiger partial charge in [0.25, 0.3) is 5.56 Å². The van der Waals surface area contributed by atoms with Gasteiger partial charge in [-0.1, -0.05) is 6.42 Å². The number of aromatic nitrogens is 2. The van der Waals surface area contributed by atoms with Gasteiger partial charge >= 0.3 is 0 Å². The Morgan fingerprint density at radius 1 is 1.42 bits per heavy atom. The summed E-state index contributed by atoms with van der Waals surface area (Å²) in [6.07, 6.45) is 6.12. The molecule has 2 aliphatic rings. The molecule has 5 nitrogen and oxygen atoms in total. The molecule has 1 saturated heterocycles. The van der Waals surface area contributed by atoms with Crippen LogP contribution in [0.15, 0.2) is 10.9 Å². The van der Waals surface area contributed by atoms with Gasteiger partial charge in [-0.15, -0.1) is 0 Å². The van der Waals surface area contributed by atoms with Gasteiger partial charge in [0.05, 0.1) is 0 Å². The largest absolute Gasteiger partial charge is 0.368 e. The number of nitrogens with one attached hydrogen (secondary N) is 2. The Balaban J connectivity index is 1.64. The maximum atomic E-state index is 11.6. The molecule has 1 aliphatic heterocycles. The number of anilines is 1. The van der Waals surface area contributed by atoms with E-state index in [9.17, 15) is 4.79 Å². The zero-order valence-corrected chi connectivity index (χ0v) is 11.5. The first kappa shape index (κ1) is 12.7. The van der Waals surface area contributed by atoms with Crippen LogP contribution in [0, 0.1) is 0 Å². The fourth-order valence-electron chi connectivity index (χ4n) is 2.74. The number of piperidine rings is 1. The van der Waals surface area contributed by atoms with Crippen LogP contribution in [-0.2, 0) is 0 Å². The first-order valence-corrected chi connectivity index (χ1v) is 7.28. The van der Waals surface area contributed by atoms with E-state index in [2.05, 4.69) is 27.2 Å². The summed E-state index contributed by atoms with van der Waals surface area (Å²) in [4.78, 5) is 21.4. The lowest BCUT2D eigenvalue weighted by molar-refractivity contribution is 0.194. The Morgan fingerprint density at radius 3 is 3.00 bits per heavy atom. The Hall–Kier alpha value is -1.36. The van der Waals surface area contributed by atoms with Crippen molar-refractivity contribution >= 4 is 5.82 Å². The third kappa shape index (κ3) is 3.15. The Labute approximate surface area is 113 Å². The van der Waals surface area contributed by atoms with Crippen molar-refractivity contribution in [2.45, 2.75) is 44.1 Å². The van der Waals surface area contributed by atoms with Crippen LogP contribution in [0.2, 0.25) is 0 Å². The van der Waals surface area contributed by atoms with Crippen molar-refractivity contribution in [3.63, 3.8) is 0 Å². The van der Waals surface area contributed by atoms with E-state index in [1.165, 1.54) is 25.8 Å². The maximum absolute atomic E-state index is 11.6. The van der Waals surface area contributed by atoms with E-state index in [1.807, 2.05) is 0 Å². The molecule has 1 aromatic rings. The number of hydrogen-bond acceptors (Lipinski definition) is 4. The van der Waals surface area contributed by atoms with Crippen LogP contribution in [0.4, 0.5) is 5.82 Å². The second-order valence-corrected chi connectivity index (χ2v) is 5.80. The Bertz CT molecular complexity index is 494. The molecule has 2 fully saturated rings. The predicted molar refractivity (Wildman–Crippen MR) is 75.6 cm³/mol. The fraction of sp³-hybridized carbons (Fsp3) is 0.714. The molecule has 2 N–H and O–H groups in total.